The quantitative estimate of drug-likeness (QED) is 0.894. The molecule has 0 saturated carbocycles. The van der Waals surface area contributed by atoms with Crippen molar-refractivity contribution in [2.24, 2.45) is 0 Å². The Kier molecular flexibility index (Phi) is 4.87. The summed E-state index contributed by atoms with van der Waals surface area (Å²) in [6.07, 6.45) is -4.26. The molecular formula is C17H25F3N2. The predicted octanol–water partition coefficient (Wildman–Crippen LogP) is 3.74. The van der Waals surface area contributed by atoms with Crippen molar-refractivity contribution in [3.05, 3.63) is 33.4 Å². The summed E-state index contributed by atoms with van der Waals surface area (Å²) in [5.74, 6) is 0. The van der Waals surface area contributed by atoms with Crippen LogP contribution < -0.4 is 5.32 Å². The van der Waals surface area contributed by atoms with Crippen LogP contribution in [0.4, 0.5) is 13.2 Å². The molecule has 1 atom stereocenters. The van der Waals surface area contributed by atoms with Gasteiger partial charge in [-0.25, -0.2) is 0 Å². The first-order chi connectivity index (χ1) is 10.2. The van der Waals surface area contributed by atoms with Gasteiger partial charge in [0.15, 0.2) is 0 Å². The van der Waals surface area contributed by atoms with Gasteiger partial charge < -0.3 is 5.32 Å². The van der Waals surface area contributed by atoms with Gasteiger partial charge in [0.05, 0.1) is 0 Å². The summed E-state index contributed by atoms with van der Waals surface area (Å²) >= 11 is 0. The lowest BCUT2D eigenvalue weighted by Crippen LogP contribution is -2.49. The van der Waals surface area contributed by atoms with Crippen LogP contribution in [-0.2, 0) is 0 Å². The molecule has 124 valence electrons. The van der Waals surface area contributed by atoms with Gasteiger partial charge in [0.2, 0.25) is 0 Å². The highest BCUT2D eigenvalue weighted by Gasteiger charge is 2.46. The molecule has 2 nitrogen and oxygen atoms in total. The lowest BCUT2D eigenvalue weighted by molar-refractivity contribution is -0.188. The number of hydrogen-bond acceptors (Lipinski definition) is 2. The zero-order valence-electron chi connectivity index (χ0n) is 14.0. The number of benzene rings is 1. The highest BCUT2D eigenvalue weighted by atomic mass is 19.4. The third-order valence-electron chi connectivity index (χ3n) is 5.16. The van der Waals surface area contributed by atoms with Gasteiger partial charge in [0, 0.05) is 26.2 Å². The number of halogens is 3. The summed E-state index contributed by atoms with van der Waals surface area (Å²) in [6, 6.07) is -1.51. The molecule has 22 heavy (non-hydrogen) atoms. The first-order valence-corrected chi connectivity index (χ1v) is 7.74. The molecule has 0 amide bonds. The molecule has 0 spiro atoms. The molecule has 1 saturated heterocycles. The smallest absolute Gasteiger partial charge is 0.314 e. The number of nitrogens with one attached hydrogen (secondary N) is 1. The molecule has 1 aromatic carbocycles. The van der Waals surface area contributed by atoms with Crippen LogP contribution in [0.3, 0.4) is 0 Å². The molecular weight excluding hydrogens is 289 g/mol. The first-order valence-electron chi connectivity index (χ1n) is 7.74. The lowest BCUT2D eigenvalue weighted by atomic mass is 9.85. The Morgan fingerprint density at radius 2 is 1.23 bits per heavy atom. The second-order valence-corrected chi connectivity index (χ2v) is 6.27. The molecule has 0 bridgehead atoms. The van der Waals surface area contributed by atoms with Crippen LogP contribution >= 0.6 is 0 Å². The monoisotopic (exact) mass is 314 g/mol. The van der Waals surface area contributed by atoms with E-state index in [0.717, 1.165) is 27.8 Å². The molecule has 1 N–H and O–H groups in total. The number of rotatable bonds is 2. The molecule has 1 aromatic rings. The SMILES string of the molecule is Cc1c(C)c(C)c([C@H](N2CCNCC2)C(F)(F)F)c(C)c1C. The van der Waals surface area contributed by atoms with E-state index >= 15 is 0 Å². The minimum atomic E-state index is -4.26. The van der Waals surface area contributed by atoms with E-state index in [4.69, 9.17) is 0 Å². The van der Waals surface area contributed by atoms with E-state index in [0.29, 0.717) is 31.7 Å². The molecule has 0 aliphatic carbocycles. The summed E-state index contributed by atoms with van der Waals surface area (Å²) in [7, 11) is 0. The van der Waals surface area contributed by atoms with Crippen molar-refractivity contribution in [2.45, 2.75) is 46.8 Å². The average Bonchev–Trinajstić information content (AvgIpc) is 2.47. The molecule has 1 aliphatic heterocycles. The summed E-state index contributed by atoms with van der Waals surface area (Å²) in [5, 5.41) is 3.12. The number of piperazine rings is 1. The summed E-state index contributed by atoms with van der Waals surface area (Å²) in [6.45, 7) is 11.5. The van der Waals surface area contributed by atoms with Crippen LogP contribution in [0.15, 0.2) is 0 Å². The fourth-order valence-corrected chi connectivity index (χ4v) is 3.43. The molecule has 1 heterocycles. The highest BCUT2D eigenvalue weighted by molar-refractivity contribution is 5.51. The Morgan fingerprint density at radius 3 is 1.64 bits per heavy atom. The van der Waals surface area contributed by atoms with Crippen LogP contribution in [0.2, 0.25) is 0 Å². The van der Waals surface area contributed by atoms with Crippen LogP contribution in [0.25, 0.3) is 0 Å². The lowest BCUT2D eigenvalue weighted by Gasteiger charge is -2.38. The van der Waals surface area contributed by atoms with E-state index in [1.54, 1.807) is 4.90 Å². The van der Waals surface area contributed by atoms with E-state index in [1.807, 2.05) is 34.6 Å². The zero-order chi connectivity index (χ0) is 16.7. The van der Waals surface area contributed by atoms with Gasteiger partial charge in [-0.2, -0.15) is 13.2 Å². The van der Waals surface area contributed by atoms with Gasteiger partial charge >= 0.3 is 6.18 Å². The zero-order valence-corrected chi connectivity index (χ0v) is 14.0. The van der Waals surface area contributed by atoms with Gasteiger partial charge in [-0.3, -0.25) is 4.90 Å². The number of hydrogen-bond donors (Lipinski definition) is 1. The van der Waals surface area contributed by atoms with E-state index in [9.17, 15) is 13.2 Å². The molecule has 1 aliphatic rings. The maximum absolute atomic E-state index is 13.9. The van der Waals surface area contributed by atoms with Crippen molar-refractivity contribution in [2.75, 3.05) is 26.2 Å². The Labute approximate surface area is 130 Å². The fourth-order valence-electron chi connectivity index (χ4n) is 3.43. The number of nitrogens with zero attached hydrogens (tertiary/aromatic N) is 1. The van der Waals surface area contributed by atoms with Crippen molar-refractivity contribution in [1.29, 1.82) is 0 Å². The molecule has 1 fully saturated rings. The van der Waals surface area contributed by atoms with Crippen molar-refractivity contribution >= 4 is 0 Å². The Hall–Kier alpha value is -1.07. The molecule has 2 rings (SSSR count). The van der Waals surface area contributed by atoms with Crippen molar-refractivity contribution in [1.82, 2.24) is 10.2 Å². The maximum atomic E-state index is 13.9. The minimum Gasteiger partial charge on any atom is -0.314 e. The third kappa shape index (κ3) is 3.01. The van der Waals surface area contributed by atoms with Crippen molar-refractivity contribution < 1.29 is 13.2 Å². The predicted molar refractivity (Wildman–Crippen MR) is 83.4 cm³/mol. The minimum absolute atomic E-state index is 0.426. The van der Waals surface area contributed by atoms with Gasteiger partial charge in [-0.05, 0) is 68.0 Å². The Bertz CT molecular complexity index is 529. The number of alkyl halides is 3. The Balaban J connectivity index is 2.62. The maximum Gasteiger partial charge on any atom is 0.408 e. The second-order valence-electron chi connectivity index (χ2n) is 6.27. The molecule has 0 unspecified atom stereocenters. The van der Waals surface area contributed by atoms with E-state index in [2.05, 4.69) is 5.32 Å². The molecule has 0 radical (unpaired) electrons. The van der Waals surface area contributed by atoms with Gasteiger partial charge in [0.25, 0.3) is 0 Å². The summed E-state index contributed by atoms with van der Waals surface area (Å²) in [5.41, 5.74) is 5.06. The molecule has 5 heteroatoms. The normalized spacial score (nSPS) is 18.5. The van der Waals surface area contributed by atoms with Crippen molar-refractivity contribution in [3.8, 4) is 0 Å². The standard InChI is InChI=1S/C17H25F3N2/c1-10-11(2)13(4)15(14(5)12(10)3)16(17(18,19)20)22-8-6-21-7-9-22/h16,21H,6-9H2,1-5H3/t16-/m0/s1. The van der Waals surface area contributed by atoms with E-state index in [-0.39, 0.29) is 0 Å². The van der Waals surface area contributed by atoms with Gasteiger partial charge in [0.1, 0.15) is 6.04 Å². The first kappa shape index (κ1) is 17.3. The third-order valence-corrected chi connectivity index (χ3v) is 5.16. The van der Waals surface area contributed by atoms with Crippen LogP contribution in [0.1, 0.15) is 39.4 Å². The van der Waals surface area contributed by atoms with Crippen LogP contribution in [-0.4, -0.2) is 37.3 Å². The second kappa shape index (κ2) is 6.20. The highest BCUT2D eigenvalue weighted by Crippen LogP contribution is 2.42. The van der Waals surface area contributed by atoms with Gasteiger partial charge in [-0.1, -0.05) is 0 Å². The Morgan fingerprint density at radius 1 is 0.818 bits per heavy atom. The van der Waals surface area contributed by atoms with Crippen LogP contribution in [0.5, 0.6) is 0 Å². The fraction of sp³-hybridized carbons (Fsp3) is 0.647. The summed E-state index contributed by atoms with van der Waals surface area (Å²) in [4.78, 5) is 1.57. The topological polar surface area (TPSA) is 15.3 Å². The van der Waals surface area contributed by atoms with Crippen LogP contribution in [0, 0.1) is 34.6 Å². The van der Waals surface area contributed by atoms with Gasteiger partial charge in [-0.15, -0.1) is 0 Å². The van der Waals surface area contributed by atoms with E-state index < -0.39 is 12.2 Å². The van der Waals surface area contributed by atoms with E-state index in [1.165, 1.54) is 0 Å². The van der Waals surface area contributed by atoms with Crippen molar-refractivity contribution in [3.63, 3.8) is 0 Å². The molecule has 0 aromatic heterocycles. The average molecular weight is 314 g/mol. The summed E-state index contributed by atoms with van der Waals surface area (Å²) < 4.78 is 41.6. The largest absolute Gasteiger partial charge is 0.408 e.